The Morgan fingerprint density at radius 3 is 2.92 bits per heavy atom. The molecular weight excluding hydrogens is 345 g/mol. The van der Waals surface area contributed by atoms with Gasteiger partial charge in [0, 0.05) is 36.1 Å². The van der Waals surface area contributed by atoms with Gasteiger partial charge in [-0.3, -0.25) is 5.32 Å². The molecule has 0 saturated heterocycles. The van der Waals surface area contributed by atoms with Gasteiger partial charge in [-0.05, 0) is 32.0 Å². The molecule has 0 aliphatic heterocycles. The molecule has 2 aromatic rings. The number of carbonyl (C=O) groups is 1. The molecule has 0 radical (unpaired) electrons. The predicted molar refractivity (Wildman–Crippen MR) is 95.8 cm³/mol. The second-order valence-electron chi connectivity index (χ2n) is 5.58. The highest BCUT2D eigenvalue weighted by atomic mass is 32.1. The van der Waals surface area contributed by atoms with Crippen molar-refractivity contribution in [1.29, 1.82) is 0 Å². The Balaban J connectivity index is 2.05. The van der Waals surface area contributed by atoms with Crippen LogP contribution in [0, 0.1) is 5.82 Å². The number of nitrogens with zero attached hydrogens (tertiary/aromatic N) is 2. The summed E-state index contributed by atoms with van der Waals surface area (Å²) >= 11 is 1.32. The van der Waals surface area contributed by atoms with Crippen LogP contribution in [0.2, 0.25) is 0 Å². The lowest BCUT2D eigenvalue weighted by Crippen LogP contribution is -2.39. The van der Waals surface area contributed by atoms with Crippen LogP contribution in [-0.2, 0) is 6.42 Å². The highest BCUT2D eigenvalue weighted by molar-refractivity contribution is 7.15. The van der Waals surface area contributed by atoms with Gasteiger partial charge in [0.25, 0.3) is 0 Å². The standard InChI is InChI=1S/C17H22FN3O3S/c1-4-21(10-11(2)22)17(23)20-16-19-9-14(25-16)8-12-7-13(18)5-6-15(12)24-3/h5-7,9,11,22H,4,8,10H2,1-3H3,(H,19,20,23)/t11-/m0/s1. The van der Waals surface area contributed by atoms with Crippen molar-refractivity contribution in [2.24, 2.45) is 0 Å². The van der Waals surface area contributed by atoms with Gasteiger partial charge < -0.3 is 14.7 Å². The van der Waals surface area contributed by atoms with Crippen LogP contribution >= 0.6 is 11.3 Å². The second kappa shape index (κ2) is 8.77. The number of aromatic nitrogens is 1. The van der Waals surface area contributed by atoms with Gasteiger partial charge in [0.05, 0.1) is 13.2 Å². The van der Waals surface area contributed by atoms with E-state index >= 15 is 0 Å². The van der Waals surface area contributed by atoms with Crippen LogP contribution in [-0.4, -0.2) is 47.3 Å². The van der Waals surface area contributed by atoms with Crippen molar-refractivity contribution >= 4 is 22.5 Å². The molecular formula is C17H22FN3O3S. The third kappa shape index (κ3) is 5.40. The molecule has 0 bridgehead atoms. The first-order valence-electron chi connectivity index (χ1n) is 7.94. The molecule has 0 unspecified atom stereocenters. The maximum atomic E-state index is 13.4. The van der Waals surface area contributed by atoms with Crippen LogP contribution in [0.3, 0.4) is 0 Å². The lowest BCUT2D eigenvalue weighted by molar-refractivity contribution is 0.141. The largest absolute Gasteiger partial charge is 0.496 e. The van der Waals surface area contributed by atoms with Gasteiger partial charge in [-0.1, -0.05) is 0 Å². The van der Waals surface area contributed by atoms with Crippen molar-refractivity contribution in [3.8, 4) is 5.75 Å². The van der Waals surface area contributed by atoms with Gasteiger partial charge in [-0.2, -0.15) is 0 Å². The summed E-state index contributed by atoms with van der Waals surface area (Å²) in [6.07, 6.45) is 1.51. The van der Waals surface area contributed by atoms with E-state index in [-0.39, 0.29) is 18.4 Å². The minimum absolute atomic E-state index is 0.251. The highest BCUT2D eigenvalue weighted by Crippen LogP contribution is 2.26. The number of anilines is 1. The predicted octanol–water partition coefficient (Wildman–Crippen LogP) is 3.12. The van der Waals surface area contributed by atoms with E-state index in [4.69, 9.17) is 4.74 Å². The minimum Gasteiger partial charge on any atom is -0.496 e. The molecule has 1 aromatic carbocycles. The molecule has 2 N–H and O–H groups in total. The van der Waals surface area contributed by atoms with E-state index < -0.39 is 6.10 Å². The zero-order valence-electron chi connectivity index (χ0n) is 14.5. The zero-order valence-corrected chi connectivity index (χ0v) is 15.3. The minimum atomic E-state index is -0.599. The van der Waals surface area contributed by atoms with E-state index in [0.29, 0.717) is 29.4 Å². The number of nitrogens with one attached hydrogen (secondary N) is 1. The Morgan fingerprint density at radius 1 is 1.52 bits per heavy atom. The van der Waals surface area contributed by atoms with Crippen molar-refractivity contribution in [2.75, 3.05) is 25.5 Å². The first kappa shape index (κ1) is 19.1. The second-order valence-corrected chi connectivity index (χ2v) is 6.70. The summed E-state index contributed by atoms with van der Waals surface area (Å²) in [4.78, 5) is 18.8. The average Bonchev–Trinajstić information content (AvgIpc) is 2.99. The number of likely N-dealkylation sites (N-methyl/N-ethyl adjacent to an activating group) is 1. The first-order valence-corrected chi connectivity index (χ1v) is 8.75. The number of benzene rings is 1. The number of amides is 2. The summed E-state index contributed by atoms with van der Waals surface area (Å²) in [5.41, 5.74) is 0.716. The number of thiazole rings is 1. The number of carbonyl (C=O) groups excluding carboxylic acids is 1. The number of halogens is 1. The van der Waals surface area contributed by atoms with Crippen molar-refractivity contribution in [1.82, 2.24) is 9.88 Å². The number of aliphatic hydroxyl groups is 1. The number of aliphatic hydroxyl groups excluding tert-OH is 1. The fourth-order valence-electron chi connectivity index (χ4n) is 2.37. The van der Waals surface area contributed by atoms with E-state index in [2.05, 4.69) is 10.3 Å². The van der Waals surface area contributed by atoms with Gasteiger partial charge in [0.1, 0.15) is 11.6 Å². The Bertz CT molecular complexity index is 721. The molecule has 6 nitrogen and oxygen atoms in total. The Hall–Kier alpha value is -2.19. The fourth-order valence-corrected chi connectivity index (χ4v) is 3.19. The lowest BCUT2D eigenvalue weighted by Gasteiger charge is -2.21. The summed E-state index contributed by atoms with van der Waals surface area (Å²) < 4.78 is 18.7. The van der Waals surface area contributed by atoms with Crippen molar-refractivity contribution in [3.63, 3.8) is 0 Å². The van der Waals surface area contributed by atoms with Crippen molar-refractivity contribution in [3.05, 3.63) is 40.7 Å². The number of urea groups is 1. The normalized spacial score (nSPS) is 11.9. The van der Waals surface area contributed by atoms with Crippen LogP contribution in [0.4, 0.5) is 14.3 Å². The van der Waals surface area contributed by atoms with Crippen molar-refractivity contribution in [2.45, 2.75) is 26.4 Å². The Morgan fingerprint density at radius 2 is 2.28 bits per heavy atom. The number of methoxy groups -OCH3 is 1. The molecule has 8 heteroatoms. The molecule has 1 heterocycles. The van der Waals surface area contributed by atoms with Gasteiger partial charge in [0.15, 0.2) is 5.13 Å². The summed E-state index contributed by atoms with van der Waals surface area (Å²) in [6, 6.07) is 4.05. The van der Waals surface area contributed by atoms with E-state index in [1.165, 1.54) is 35.5 Å². The molecule has 0 saturated carbocycles. The van der Waals surface area contributed by atoms with Crippen molar-refractivity contribution < 1.29 is 19.0 Å². The maximum absolute atomic E-state index is 13.4. The van der Waals surface area contributed by atoms with Gasteiger partial charge >= 0.3 is 6.03 Å². The van der Waals surface area contributed by atoms with E-state index in [1.807, 2.05) is 6.92 Å². The molecule has 0 aliphatic rings. The molecule has 136 valence electrons. The summed E-state index contributed by atoms with van der Waals surface area (Å²) in [5.74, 6) is 0.278. The monoisotopic (exact) mass is 367 g/mol. The van der Waals surface area contributed by atoms with Gasteiger partial charge in [-0.25, -0.2) is 14.2 Å². The highest BCUT2D eigenvalue weighted by Gasteiger charge is 2.16. The SMILES string of the molecule is CCN(C[C@H](C)O)C(=O)Nc1ncc(Cc2cc(F)ccc2OC)s1. The number of hydrogen-bond acceptors (Lipinski definition) is 5. The molecule has 0 fully saturated rings. The van der Waals surface area contributed by atoms with E-state index in [9.17, 15) is 14.3 Å². The summed E-state index contributed by atoms with van der Waals surface area (Å²) in [6.45, 7) is 4.20. The zero-order chi connectivity index (χ0) is 18.4. The summed E-state index contributed by atoms with van der Waals surface area (Å²) in [5, 5.41) is 12.6. The van der Waals surface area contributed by atoms with Crippen LogP contribution in [0.1, 0.15) is 24.3 Å². The smallest absolute Gasteiger partial charge is 0.323 e. The summed E-state index contributed by atoms with van der Waals surface area (Å²) in [7, 11) is 1.54. The fraction of sp³-hybridized carbons (Fsp3) is 0.412. The first-order chi connectivity index (χ1) is 11.9. The molecule has 2 amide bonds. The van der Waals surface area contributed by atoms with Crippen LogP contribution in [0.25, 0.3) is 0 Å². The Labute approximate surface area is 150 Å². The average molecular weight is 367 g/mol. The maximum Gasteiger partial charge on any atom is 0.323 e. The third-order valence-electron chi connectivity index (χ3n) is 3.53. The van der Waals surface area contributed by atoms with Gasteiger partial charge in [0.2, 0.25) is 0 Å². The third-order valence-corrected chi connectivity index (χ3v) is 4.44. The van der Waals surface area contributed by atoms with E-state index in [0.717, 1.165) is 4.88 Å². The molecule has 2 rings (SSSR count). The topological polar surface area (TPSA) is 74.7 Å². The number of rotatable bonds is 7. The Kier molecular flexibility index (Phi) is 6.72. The number of hydrogen-bond donors (Lipinski definition) is 2. The van der Waals surface area contributed by atoms with E-state index in [1.54, 1.807) is 19.2 Å². The molecule has 1 aromatic heterocycles. The number of ether oxygens (including phenoxy) is 1. The van der Waals surface area contributed by atoms with Crippen LogP contribution < -0.4 is 10.1 Å². The molecule has 0 spiro atoms. The lowest BCUT2D eigenvalue weighted by atomic mass is 10.1. The molecule has 25 heavy (non-hydrogen) atoms. The quantitative estimate of drug-likeness (QED) is 0.788. The van der Waals surface area contributed by atoms with Gasteiger partial charge in [-0.15, -0.1) is 11.3 Å². The van der Waals surface area contributed by atoms with Crippen LogP contribution in [0.5, 0.6) is 5.75 Å². The molecule has 1 atom stereocenters. The molecule has 0 aliphatic carbocycles. The van der Waals surface area contributed by atoms with Crippen LogP contribution in [0.15, 0.2) is 24.4 Å².